The number of aromatic nitrogens is 5. The van der Waals surface area contributed by atoms with Crippen LogP contribution in [0.4, 0.5) is 5.82 Å². The highest BCUT2D eigenvalue weighted by Gasteiger charge is 2.23. The van der Waals surface area contributed by atoms with E-state index in [-0.39, 0.29) is 0 Å². The van der Waals surface area contributed by atoms with Gasteiger partial charge in [-0.2, -0.15) is 0 Å². The van der Waals surface area contributed by atoms with Gasteiger partial charge >= 0.3 is 0 Å². The lowest BCUT2D eigenvalue weighted by atomic mass is 10.4. The highest BCUT2D eigenvalue weighted by molar-refractivity contribution is 5.82. The normalized spacial score (nSPS) is 15.2. The summed E-state index contributed by atoms with van der Waals surface area (Å²) < 4.78 is 7.07. The van der Waals surface area contributed by atoms with Crippen molar-refractivity contribution in [2.75, 3.05) is 18.5 Å². The van der Waals surface area contributed by atoms with Gasteiger partial charge in [0.25, 0.3) is 0 Å². The first-order chi connectivity index (χ1) is 8.88. The van der Waals surface area contributed by atoms with Crippen LogP contribution in [0, 0.1) is 0 Å². The van der Waals surface area contributed by atoms with Crippen molar-refractivity contribution in [2.45, 2.75) is 32.4 Å². The molecule has 0 spiro atoms. The molecule has 1 fully saturated rings. The zero-order chi connectivity index (χ0) is 12.4. The largest absolute Gasteiger partial charge is 0.380 e. The van der Waals surface area contributed by atoms with Crippen molar-refractivity contribution >= 4 is 17.0 Å². The van der Waals surface area contributed by atoms with Gasteiger partial charge in [0.15, 0.2) is 17.0 Å². The van der Waals surface area contributed by atoms with Crippen molar-refractivity contribution in [3.05, 3.63) is 6.33 Å². The summed E-state index contributed by atoms with van der Waals surface area (Å²) in [6.07, 6.45) is 3.95. The van der Waals surface area contributed by atoms with Gasteiger partial charge in [0.1, 0.15) is 6.33 Å². The summed E-state index contributed by atoms with van der Waals surface area (Å²) >= 11 is 0. The van der Waals surface area contributed by atoms with Crippen LogP contribution in [-0.2, 0) is 11.3 Å². The number of hydrogen-bond donors (Lipinski definition) is 1. The van der Waals surface area contributed by atoms with E-state index in [4.69, 9.17) is 4.74 Å². The van der Waals surface area contributed by atoms with E-state index < -0.39 is 0 Å². The quantitative estimate of drug-likeness (QED) is 0.763. The summed E-state index contributed by atoms with van der Waals surface area (Å²) in [6, 6.07) is 0.539. The van der Waals surface area contributed by atoms with Gasteiger partial charge < -0.3 is 10.1 Å². The molecule has 18 heavy (non-hydrogen) atoms. The van der Waals surface area contributed by atoms with E-state index in [9.17, 15) is 0 Å². The summed E-state index contributed by atoms with van der Waals surface area (Å²) in [4.78, 5) is 8.47. The zero-order valence-corrected chi connectivity index (χ0v) is 10.3. The average Bonchev–Trinajstić information content (AvgIpc) is 3.10. The smallest absolute Gasteiger partial charge is 0.183 e. The third-order valence-corrected chi connectivity index (χ3v) is 2.87. The maximum absolute atomic E-state index is 5.31. The topological polar surface area (TPSA) is 77.8 Å². The molecule has 1 aliphatic rings. The lowest BCUT2D eigenvalue weighted by Gasteiger charge is -2.04. The number of ether oxygens (including phenoxy) is 1. The fourth-order valence-corrected chi connectivity index (χ4v) is 1.76. The van der Waals surface area contributed by atoms with E-state index in [2.05, 4.69) is 25.6 Å². The molecule has 0 aromatic carbocycles. The third kappa shape index (κ3) is 2.26. The summed E-state index contributed by atoms with van der Waals surface area (Å²) in [5.74, 6) is 0.783. The Kier molecular flexibility index (Phi) is 3.06. The van der Waals surface area contributed by atoms with Gasteiger partial charge in [-0.25, -0.2) is 14.6 Å². The molecule has 0 aliphatic heterocycles. The molecule has 0 amide bonds. The van der Waals surface area contributed by atoms with Gasteiger partial charge in [-0.15, -0.1) is 5.10 Å². The summed E-state index contributed by atoms with van der Waals surface area (Å²) in [5, 5.41) is 11.6. The first-order valence-electron chi connectivity index (χ1n) is 6.27. The molecule has 0 radical (unpaired) electrons. The van der Waals surface area contributed by atoms with E-state index in [0.29, 0.717) is 25.8 Å². The lowest BCUT2D eigenvalue weighted by molar-refractivity contribution is 0.136. The van der Waals surface area contributed by atoms with Crippen molar-refractivity contribution < 1.29 is 4.74 Å². The van der Waals surface area contributed by atoms with E-state index in [1.54, 1.807) is 11.0 Å². The first kappa shape index (κ1) is 11.3. The van der Waals surface area contributed by atoms with Crippen molar-refractivity contribution in [3.8, 4) is 0 Å². The maximum Gasteiger partial charge on any atom is 0.183 e. The Labute approximate surface area is 105 Å². The van der Waals surface area contributed by atoms with Gasteiger partial charge in [-0.1, -0.05) is 5.21 Å². The Hall–Kier alpha value is -1.76. The highest BCUT2D eigenvalue weighted by Crippen LogP contribution is 2.26. The molecule has 1 N–H and O–H groups in total. The molecule has 96 valence electrons. The van der Waals surface area contributed by atoms with Crippen LogP contribution >= 0.6 is 0 Å². The maximum atomic E-state index is 5.31. The number of hydrogen-bond acceptors (Lipinski definition) is 6. The predicted octanol–water partition coefficient (Wildman–Crippen LogP) is 0.832. The molecule has 2 aromatic heterocycles. The molecule has 1 saturated carbocycles. The minimum absolute atomic E-state index is 0.539. The molecule has 0 saturated heterocycles. The molecular weight excluding hydrogens is 232 g/mol. The molecule has 7 heteroatoms. The molecule has 3 rings (SSSR count). The SMILES string of the molecule is CCOCCn1nnc2c(NC3CC3)ncnc21. The van der Waals surface area contributed by atoms with E-state index in [0.717, 1.165) is 17.0 Å². The fourth-order valence-electron chi connectivity index (χ4n) is 1.76. The summed E-state index contributed by atoms with van der Waals surface area (Å²) in [6.45, 7) is 3.95. The Morgan fingerprint density at radius 1 is 1.44 bits per heavy atom. The highest BCUT2D eigenvalue weighted by atomic mass is 16.5. The van der Waals surface area contributed by atoms with Gasteiger partial charge in [-0.05, 0) is 19.8 Å². The summed E-state index contributed by atoms with van der Waals surface area (Å²) in [7, 11) is 0. The van der Waals surface area contributed by atoms with Crippen LogP contribution < -0.4 is 5.32 Å². The average molecular weight is 248 g/mol. The van der Waals surface area contributed by atoms with Gasteiger partial charge in [0.2, 0.25) is 0 Å². The van der Waals surface area contributed by atoms with Crippen LogP contribution in [0.25, 0.3) is 11.2 Å². The van der Waals surface area contributed by atoms with Crippen LogP contribution in [0.1, 0.15) is 19.8 Å². The standard InChI is InChI=1S/C11H16N6O/c1-2-18-6-5-17-11-9(15-16-17)10(12-7-13-11)14-8-3-4-8/h7-8H,2-6H2,1H3,(H,12,13,14). The Balaban J connectivity index is 1.83. The molecular formula is C11H16N6O. The Bertz CT molecular complexity index is 535. The van der Waals surface area contributed by atoms with Crippen LogP contribution in [0.15, 0.2) is 6.33 Å². The molecule has 7 nitrogen and oxygen atoms in total. The third-order valence-electron chi connectivity index (χ3n) is 2.87. The fraction of sp³-hybridized carbons (Fsp3) is 0.636. The van der Waals surface area contributed by atoms with Crippen LogP contribution in [0.2, 0.25) is 0 Å². The van der Waals surface area contributed by atoms with Gasteiger partial charge in [0.05, 0.1) is 13.2 Å². The number of fused-ring (bicyclic) bond motifs is 1. The number of nitrogens with one attached hydrogen (secondary N) is 1. The second-order valence-corrected chi connectivity index (χ2v) is 4.32. The molecule has 1 aliphatic carbocycles. The zero-order valence-electron chi connectivity index (χ0n) is 10.3. The van der Waals surface area contributed by atoms with Crippen molar-refractivity contribution in [3.63, 3.8) is 0 Å². The van der Waals surface area contributed by atoms with Crippen molar-refractivity contribution in [1.82, 2.24) is 25.0 Å². The monoisotopic (exact) mass is 248 g/mol. The van der Waals surface area contributed by atoms with E-state index in [1.807, 2.05) is 6.92 Å². The van der Waals surface area contributed by atoms with Gasteiger partial charge in [0, 0.05) is 12.6 Å². The predicted molar refractivity (Wildman–Crippen MR) is 66.3 cm³/mol. The van der Waals surface area contributed by atoms with Crippen LogP contribution in [-0.4, -0.2) is 44.2 Å². The van der Waals surface area contributed by atoms with Crippen LogP contribution in [0.5, 0.6) is 0 Å². The number of nitrogens with zero attached hydrogens (tertiary/aromatic N) is 5. The van der Waals surface area contributed by atoms with Crippen LogP contribution in [0.3, 0.4) is 0 Å². The summed E-state index contributed by atoms with van der Waals surface area (Å²) in [5.41, 5.74) is 1.49. The Morgan fingerprint density at radius 3 is 3.11 bits per heavy atom. The molecule has 2 heterocycles. The molecule has 0 atom stereocenters. The van der Waals surface area contributed by atoms with E-state index in [1.165, 1.54) is 12.8 Å². The second kappa shape index (κ2) is 4.85. The van der Waals surface area contributed by atoms with Gasteiger partial charge in [-0.3, -0.25) is 0 Å². The number of rotatable bonds is 6. The first-order valence-corrected chi connectivity index (χ1v) is 6.27. The van der Waals surface area contributed by atoms with E-state index >= 15 is 0 Å². The lowest BCUT2D eigenvalue weighted by Crippen LogP contribution is -2.08. The minimum Gasteiger partial charge on any atom is -0.380 e. The van der Waals surface area contributed by atoms with Crippen molar-refractivity contribution in [1.29, 1.82) is 0 Å². The molecule has 0 unspecified atom stereocenters. The minimum atomic E-state index is 0.539. The Morgan fingerprint density at radius 2 is 2.33 bits per heavy atom. The number of anilines is 1. The van der Waals surface area contributed by atoms with Crippen molar-refractivity contribution in [2.24, 2.45) is 0 Å². The molecule has 2 aromatic rings. The molecule has 0 bridgehead atoms. The second-order valence-electron chi connectivity index (χ2n) is 4.32.